The first-order valence-corrected chi connectivity index (χ1v) is 8.52. The molecule has 0 aliphatic carbocycles. The highest BCUT2D eigenvalue weighted by Crippen LogP contribution is 2.29. The number of nitrogens with one attached hydrogen (secondary N) is 1. The lowest BCUT2D eigenvalue weighted by Crippen LogP contribution is -2.20. The molecule has 1 N–H and O–H groups in total. The van der Waals surface area contributed by atoms with Crippen LogP contribution in [0.5, 0.6) is 11.5 Å². The smallest absolute Gasteiger partial charge is 0.161 e. The van der Waals surface area contributed by atoms with E-state index >= 15 is 0 Å². The predicted octanol–water partition coefficient (Wildman–Crippen LogP) is 4.80. The Labute approximate surface area is 146 Å². The SMILES string of the molecule is COc1cc(CNCCC(C)(C)C)ccc1OCc1ccccc1. The highest BCUT2D eigenvalue weighted by atomic mass is 16.5. The first kappa shape index (κ1) is 18.3. The van der Waals surface area contributed by atoms with Gasteiger partial charge >= 0.3 is 0 Å². The largest absolute Gasteiger partial charge is 0.493 e. The molecule has 2 aromatic rings. The zero-order valence-corrected chi connectivity index (χ0v) is 15.3. The third-order valence-corrected chi connectivity index (χ3v) is 3.85. The van der Waals surface area contributed by atoms with Crippen LogP contribution in [0.2, 0.25) is 0 Å². The van der Waals surface area contributed by atoms with Crippen molar-refractivity contribution in [3.8, 4) is 11.5 Å². The lowest BCUT2D eigenvalue weighted by molar-refractivity contribution is 0.284. The Kier molecular flexibility index (Phi) is 6.68. The lowest BCUT2D eigenvalue weighted by atomic mass is 9.92. The summed E-state index contributed by atoms with van der Waals surface area (Å²) in [6.45, 7) is 9.17. The molecule has 3 heteroatoms. The summed E-state index contributed by atoms with van der Waals surface area (Å²) in [5.74, 6) is 1.56. The van der Waals surface area contributed by atoms with Gasteiger partial charge in [-0.15, -0.1) is 0 Å². The van der Waals surface area contributed by atoms with E-state index in [1.165, 1.54) is 5.56 Å². The fourth-order valence-corrected chi connectivity index (χ4v) is 2.37. The molecule has 0 fully saturated rings. The van der Waals surface area contributed by atoms with Gasteiger partial charge in [-0.3, -0.25) is 0 Å². The van der Waals surface area contributed by atoms with Crippen LogP contribution in [0.15, 0.2) is 48.5 Å². The van der Waals surface area contributed by atoms with Gasteiger partial charge in [0.1, 0.15) is 6.61 Å². The minimum atomic E-state index is 0.361. The van der Waals surface area contributed by atoms with E-state index in [2.05, 4.69) is 44.3 Å². The molecular weight excluding hydrogens is 298 g/mol. The van der Waals surface area contributed by atoms with Crippen molar-refractivity contribution in [2.75, 3.05) is 13.7 Å². The van der Waals surface area contributed by atoms with Crippen molar-refractivity contribution >= 4 is 0 Å². The summed E-state index contributed by atoms with van der Waals surface area (Å²) in [4.78, 5) is 0. The topological polar surface area (TPSA) is 30.5 Å². The number of hydrogen-bond donors (Lipinski definition) is 1. The van der Waals surface area contributed by atoms with Gasteiger partial charge in [-0.25, -0.2) is 0 Å². The van der Waals surface area contributed by atoms with Crippen molar-refractivity contribution in [1.82, 2.24) is 5.32 Å². The summed E-state index contributed by atoms with van der Waals surface area (Å²) in [5.41, 5.74) is 2.71. The molecule has 0 unspecified atom stereocenters. The van der Waals surface area contributed by atoms with Crippen LogP contribution < -0.4 is 14.8 Å². The maximum atomic E-state index is 5.89. The molecule has 0 amide bonds. The van der Waals surface area contributed by atoms with Crippen LogP contribution in [0.25, 0.3) is 0 Å². The average molecular weight is 327 g/mol. The van der Waals surface area contributed by atoms with E-state index in [9.17, 15) is 0 Å². The number of hydrogen-bond acceptors (Lipinski definition) is 3. The predicted molar refractivity (Wildman–Crippen MR) is 99.5 cm³/mol. The third-order valence-electron chi connectivity index (χ3n) is 3.85. The molecule has 0 aromatic heterocycles. The van der Waals surface area contributed by atoms with Crippen LogP contribution in [0.3, 0.4) is 0 Å². The molecule has 0 saturated heterocycles. The van der Waals surface area contributed by atoms with Crippen molar-refractivity contribution in [3.05, 3.63) is 59.7 Å². The molecule has 0 heterocycles. The van der Waals surface area contributed by atoms with Gasteiger partial charge in [-0.2, -0.15) is 0 Å². The first-order valence-electron chi connectivity index (χ1n) is 8.52. The Morgan fingerprint density at radius 1 is 0.917 bits per heavy atom. The molecule has 0 aliphatic rings. The van der Waals surface area contributed by atoms with E-state index in [4.69, 9.17) is 9.47 Å². The van der Waals surface area contributed by atoms with Crippen LogP contribution in [-0.2, 0) is 13.2 Å². The zero-order chi connectivity index (χ0) is 17.4. The van der Waals surface area contributed by atoms with Gasteiger partial charge in [0.2, 0.25) is 0 Å². The average Bonchev–Trinajstić information content (AvgIpc) is 2.57. The molecule has 2 rings (SSSR count). The second-order valence-corrected chi connectivity index (χ2v) is 7.25. The van der Waals surface area contributed by atoms with Gasteiger partial charge in [0.15, 0.2) is 11.5 Å². The number of methoxy groups -OCH3 is 1. The highest BCUT2D eigenvalue weighted by molar-refractivity contribution is 5.43. The van der Waals surface area contributed by atoms with Gasteiger partial charge in [0.25, 0.3) is 0 Å². The first-order chi connectivity index (χ1) is 11.5. The second kappa shape index (κ2) is 8.74. The standard InChI is InChI=1S/C21H29NO2/c1-21(2,3)12-13-22-15-18-10-11-19(20(14-18)23-4)24-16-17-8-6-5-7-9-17/h5-11,14,22H,12-13,15-16H2,1-4H3. The molecule has 3 nitrogen and oxygen atoms in total. The number of benzene rings is 2. The summed E-state index contributed by atoms with van der Waals surface area (Å²) in [5, 5.41) is 3.49. The summed E-state index contributed by atoms with van der Waals surface area (Å²) >= 11 is 0. The third kappa shape index (κ3) is 6.25. The maximum Gasteiger partial charge on any atom is 0.161 e. The van der Waals surface area contributed by atoms with Gasteiger partial charge in [0.05, 0.1) is 7.11 Å². The van der Waals surface area contributed by atoms with Crippen molar-refractivity contribution in [2.24, 2.45) is 5.41 Å². The minimum Gasteiger partial charge on any atom is -0.493 e. The summed E-state index contributed by atoms with van der Waals surface area (Å²) in [6, 6.07) is 16.3. The van der Waals surface area contributed by atoms with Crippen LogP contribution in [0, 0.1) is 5.41 Å². The Morgan fingerprint density at radius 3 is 2.33 bits per heavy atom. The lowest BCUT2D eigenvalue weighted by Gasteiger charge is -2.18. The van der Waals surface area contributed by atoms with Crippen LogP contribution >= 0.6 is 0 Å². The molecule has 2 aromatic carbocycles. The van der Waals surface area contributed by atoms with Crippen molar-refractivity contribution < 1.29 is 9.47 Å². The van der Waals surface area contributed by atoms with E-state index in [0.29, 0.717) is 12.0 Å². The van der Waals surface area contributed by atoms with Crippen molar-refractivity contribution in [1.29, 1.82) is 0 Å². The molecule has 0 bridgehead atoms. The number of ether oxygens (including phenoxy) is 2. The Morgan fingerprint density at radius 2 is 1.67 bits per heavy atom. The van der Waals surface area contributed by atoms with E-state index in [1.54, 1.807) is 7.11 Å². The monoisotopic (exact) mass is 327 g/mol. The summed E-state index contributed by atoms with van der Waals surface area (Å²) in [7, 11) is 1.68. The highest BCUT2D eigenvalue weighted by Gasteiger charge is 2.09. The van der Waals surface area contributed by atoms with Gasteiger partial charge in [-0.1, -0.05) is 57.2 Å². The van der Waals surface area contributed by atoms with Crippen LogP contribution in [0.4, 0.5) is 0 Å². The molecule has 0 saturated carbocycles. The van der Waals surface area contributed by atoms with Crippen molar-refractivity contribution in [2.45, 2.75) is 40.3 Å². The molecule has 0 atom stereocenters. The van der Waals surface area contributed by atoms with E-state index in [0.717, 1.165) is 36.6 Å². The fraction of sp³-hybridized carbons (Fsp3) is 0.429. The van der Waals surface area contributed by atoms with E-state index in [1.807, 2.05) is 30.3 Å². The van der Waals surface area contributed by atoms with Crippen LogP contribution in [-0.4, -0.2) is 13.7 Å². The second-order valence-electron chi connectivity index (χ2n) is 7.25. The molecule has 0 radical (unpaired) electrons. The Balaban J connectivity index is 1.90. The van der Waals surface area contributed by atoms with Gasteiger partial charge in [0, 0.05) is 6.54 Å². The van der Waals surface area contributed by atoms with E-state index < -0.39 is 0 Å². The normalized spacial score (nSPS) is 11.3. The Bertz CT molecular complexity index is 617. The zero-order valence-electron chi connectivity index (χ0n) is 15.3. The molecule has 0 aliphatic heterocycles. The summed E-state index contributed by atoms with van der Waals surface area (Å²) in [6.07, 6.45) is 1.16. The van der Waals surface area contributed by atoms with Crippen molar-refractivity contribution in [3.63, 3.8) is 0 Å². The number of rotatable bonds is 8. The molecular formula is C21H29NO2. The quantitative estimate of drug-likeness (QED) is 0.706. The van der Waals surface area contributed by atoms with Gasteiger partial charge < -0.3 is 14.8 Å². The molecule has 0 spiro atoms. The van der Waals surface area contributed by atoms with E-state index in [-0.39, 0.29) is 0 Å². The van der Waals surface area contributed by atoms with Crippen LogP contribution in [0.1, 0.15) is 38.3 Å². The van der Waals surface area contributed by atoms with Gasteiger partial charge in [-0.05, 0) is 41.6 Å². The fourth-order valence-electron chi connectivity index (χ4n) is 2.37. The molecule has 130 valence electrons. The minimum absolute atomic E-state index is 0.361. The Hall–Kier alpha value is -2.00. The molecule has 24 heavy (non-hydrogen) atoms. The maximum absolute atomic E-state index is 5.89. The summed E-state index contributed by atoms with van der Waals surface area (Å²) < 4.78 is 11.4.